The summed E-state index contributed by atoms with van der Waals surface area (Å²) >= 11 is 1.83. The fraction of sp³-hybridized carbons (Fsp3) is 0.650. The third kappa shape index (κ3) is 4.70. The zero-order valence-electron chi connectivity index (χ0n) is 15.4. The number of thioether (sulfide) groups is 1. The molecule has 138 valence electrons. The van der Waals surface area contributed by atoms with E-state index in [1.165, 1.54) is 5.56 Å². The van der Waals surface area contributed by atoms with Gasteiger partial charge in [0.25, 0.3) is 0 Å². The lowest BCUT2D eigenvalue weighted by Crippen LogP contribution is -2.48. The number of guanidine groups is 1. The van der Waals surface area contributed by atoms with Crippen LogP contribution in [0.5, 0.6) is 0 Å². The van der Waals surface area contributed by atoms with E-state index in [0.717, 1.165) is 49.9 Å². The highest BCUT2D eigenvalue weighted by Gasteiger charge is 2.33. The fourth-order valence-electron chi connectivity index (χ4n) is 3.90. The topological polar surface area (TPSA) is 47.9 Å². The molecule has 0 spiro atoms. The van der Waals surface area contributed by atoms with Crippen LogP contribution in [0, 0.1) is 5.92 Å². The van der Waals surface area contributed by atoms with Gasteiger partial charge in [-0.3, -0.25) is 4.99 Å². The monoisotopic (exact) mass is 361 g/mol. The van der Waals surface area contributed by atoms with Crippen LogP contribution in [0.15, 0.2) is 35.3 Å². The lowest BCUT2D eigenvalue weighted by Gasteiger charge is -2.39. The minimum Gasteiger partial charge on any atom is -0.387 e. The molecule has 2 saturated heterocycles. The smallest absolute Gasteiger partial charge is 0.194 e. The molecule has 0 saturated carbocycles. The van der Waals surface area contributed by atoms with Gasteiger partial charge in [0, 0.05) is 25.4 Å². The van der Waals surface area contributed by atoms with E-state index in [2.05, 4.69) is 54.4 Å². The molecule has 0 amide bonds. The first-order valence-electron chi connectivity index (χ1n) is 9.49. The predicted octanol–water partition coefficient (Wildman–Crippen LogP) is 2.95. The molecular formula is C20H31N3OS. The summed E-state index contributed by atoms with van der Waals surface area (Å²) in [4.78, 5) is 7.17. The summed E-state index contributed by atoms with van der Waals surface area (Å²) < 4.78 is 0. The molecule has 2 aliphatic heterocycles. The Morgan fingerprint density at radius 1 is 1.40 bits per heavy atom. The van der Waals surface area contributed by atoms with Gasteiger partial charge in [-0.2, -0.15) is 11.8 Å². The SMILES string of the molecule is CCNC(=NCC1(O)CCSC1)N1CCC(c2ccccc2)C(C)C1. The zero-order valence-corrected chi connectivity index (χ0v) is 16.3. The van der Waals surface area contributed by atoms with E-state index >= 15 is 0 Å². The Balaban J connectivity index is 1.65. The number of piperidine rings is 1. The maximum Gasteiger partial charge on any atom is 0.194 e. The molecular weight excluding hydrogens is 330 g/mol. The van der Waals surface area contributed by atoms with Crippen LogP contribution < -0.4 is 5.32 Å². The summed E-state index contributed by atoms with van der Waals surface area (Å²) in [5.41, 5.74) is 0.841. The molecule has 0 radical (unpaired) electrons. The number of nitrogens with one attached hydrogen (secondary N) is 1. The summed E-state index contributed by atoms with van der Waals surface area (Å²) in [5.74, 6) is 4.02. The molecule has 3 unspecified atom stereocenters. The number of benzene rings is 1. The highest BCUT2D eigenvalue weighted by atomic mass is 32.2. The van der Waals surface area contributed by atoms with Crippen LogP contribution >= 0.6 is 11.8 Å². The van der Waals surface area contributed by atoms with Gasteiger partial charge in [0.15, 0.2) is 5.96 Å². The number of hydrogen-bond acceptors (Lipinski definition) is 3. The molecule has 2 aliphatic rings. The lowest BCUT2D eigenvalue weighted by atomic mass is 9.82. The Morgan fingerprint density at radius 3 is 2.84 bits per heavy atom. The normalized spacial score (nSPS) is 30.5. The quantitative estimate of drug-likeness (QED) is 0.639. The summed E-state index contributed by atoms with van der Waals surface area (Å²) in [6, 6.07) is 10.9. The molecule has 1 aromatic carbocycles. The van der Waals surface area contributed by atoms with Gasteiger partial charge in [-0.15, -0.1) is 0 Å². The lowest BCUT2D eigenvalue weighted by molar-refractivity contribution is 0.0774. The Hall–Kier alpha value is -1.20. The first-order valence-corrected chi connectivity index (χ1v) is 10.6. The van der Waals surface area contributed by atoms with Crippen molar-refractivity contribution in [3.05, 3.63) is 35.9 Å². The first-order chi connectivity index (χ1) is 12.1. The molecule has 5 heteroatoms. The molecule has 3 rings (SSSR count). The van der Waals surface area contributed by atoms with Crippen molar-refractivity contribution in [1.29, 1.82) is 0 Å². The van der Waals surface area contributed by atoms with Gasteiger partial charge in [-0.05, 0) is 42.9 Å². The molecule has 1 aromatic rings. The van der Waals surface area contributed by atoms with Crippen LogP contribution in [0.2, 0.25) is 0 Å². The third-order valence-electron chi connectivity index (χ3n) is 5.37. The second-order valence-electron chi connectivity index (χ2n) is 7.43. The van der Waals surface area contributed by atoms with E-state index < -0.39 is 5.60 Å². The molecule has 0 aliphatic carbocycles. The highest BCUT2D eigenvalue weighted by Crippen LogP contribution is 2.33. The van der Waals surface area contributed by atoms with Crippen LogP contribution in [0.4, 0.5) is 0 Å². The van der Waals surface area contributed by atoms with Crippen LogP contribution in [0.1, 0.15) is 38.2 Å². The molecule has 0 aromatic heterocycles. The maximum atomic E-state index is 10.6. The van der Waals surface area contributed by atoms with Gasteiger partial charge in [-0.25, -0.2) is 0 Å². The molecule has 0 bridgehead atoms. The van der Waals surface area contributed by atoms with Crippen molar-refractivity contribution in [3.8, 4) is 0 Å². The van der Waals surface area contributed by atoms with E-state index in [1.54, 1.807) is 0 Å². The van der Waals surface area contributed by atoms with Gasteiger partial charge < -0.3 is 15.3 Å². The second-order valence-corrected chi connectivity index (χ2v) is 8.53. The Bertz CT molecular complexity index is 572. The molecule has 4 nitrogen and oxygen atoms in total. The average molecular weight is 362 g/mol. The number of aliphatic hydroxyl groups is 1. The van der Waals surface area contributed by atoms with E-state index in [0.29, 0.717) is 18.4 Å². The summed E-state index contributed by atoms with van der Waals surface area (Å²) in [7, 11) is 0. The number of aliphatic imine (C=N–C) groups is 1. The van der Waals surface area contributed by atoms with Crippen molar-refractivity contribution in [2.24, 2.45) is 10.9 Å². The molecule has 2 fully saturated rings. The van der Waals surface area contributed by atoms with Gasteiger partial charge in [0.1, 0.15) is 0 Å². The Kier molecular flexibility index (Phi) is 6.29. The van der Waals surface area contributed by atoms with Gasteiger partial charge in [-0.1, -0.05) is 37.3 Å². The van der Waals surface area contributed by atoms with Crippen LogP contribution in [0.25, 0.3) is 0 Å². The van der Waals surface area contributed by atoms with Crippen LogP contribution in [-0.4, -0.2) is 59.3 Å². The maximum absolute atomic E-state index is 10.6. The van der Waals surface area contributed by atoms with Gasteiger partial charge in [0.2, 0.25) is 0 Å². The van der Waals surface area contributed by atoms with E-state index in [4.69, 9.17) is 4.99 Å². The Morgan fingerprint density at radius 2 is 2.20 bits per heavy atom. The molecule has 25 heavy (non-hydrogen) atoms. The Labute approximate surface area is 156 Å². The largest absolute Gasteiger partial charge is 0.387 e. The highest BCUT2D eigenvalue weighted by molar-refractivity contribution is 7.99. The van der Waals surface area contributed by atoms with Crippen LogP contribution in [0.3, 0.4) is 0 Å². The average Bonchev–Trinajstić information content (AvgIpc) is 3.06. The van der Waals surface area contributed by atoms with Crippen molar-refractivity contribution in [2.75, 3.05) is 37.7 Å². The molecule has 2 N–H and O–H groups in total. The number of nitrogens with zero attached hydrogens (tertiary/aromatic N) is 2. The third-order valence-corrected chi connectivity index (χ3v) is 6.61. The summed E-state index contributed by atoms with van der Waals surface area (Å²) in [6.45, 7) is 7.85. The number of rotatable bonds is 4. The summed E-state index contributed by atoms with van der Waals surface area (Å²) in [5, 5.41) is 14.0. The first kappa shape index (κ1) is 18.6. The summed E-state index contributed by atoms with van der Waals surface area (Å²) in [6.07, 6.45) is 2.00. The van der Waals surface area contributed by atoms with E-state index in [-0.39, 0.29) is 0 Å². The van der Waals surface area contributed by atoms with Crippen molar-refractivity contribution >= 4 is 17.7 Å². The number of likely N-dealkylation sites (tertiary alicyclic amines) is 1. The molecule has 2 heterocycles. The minimum atomic E-state index is -0.612. The van der Waals surface area contributed by atoms with Crippen molar-refractivity contribution in [1.82, 2.24) is 10.2 Å². The zero-order chi connectivity index (χ0) is 17.7. The van der Waals surface area contributed by atoms with Crippen molar-refractivity contribution < 1.29 is 5.11 Å². The van der Waals surface area contributed by atoms with Crippen LogP contribution in [-0.2, 0) is 0 Å². The van der Waals surface area contributed by atoms with Gasteiger partial charge in [0.05, 0.1) is 12.1 Å². The standard InChI is InChI=1S/C20H31N3OS/c1-3-21-19(22-14-20(24)10-12-25-15-20)23-11-9-18(16(2)13-23)17-7-5-4-6-8-17/h4-8,16,18,24H,3,9-15H2,1-2H3,(H,21,22). The minimum absolute atomic E-state index is 0.509. The van der Waals surface area contributed by atoms with Crippen molar-refractivity contribution in [3.63, 3.8) is 0 Å². The number of hydrogen-bond donors (Lipinski definition) is 2. The van der Waals surface area contributed by atoms with E-state index in [9.17, 15) is 5.11 Å². The molecule has 3 atom stereocenters. The van der Waals surface area contributed by atoms with Gasteiger partial charge >= 0.3 is 0 Å². The second kappa shape index (κ2) is 8.45. The fourth-order valence-corrected chi connectivity index (χ4v) is 5.19. The predicted molar refractivity (Wildman–Crippen MR) is 107 cm³/mol. The van der Waals surface area contributed by atoms with Crippen molar-refractivity contribution in [2.45, 2.75) is 38.2 Å². The van der Waals surface area contributed by atoms with E-state index in [1.807, 2.05) is 11.8 Å².